The van der Waals surface area contributed by atoms with Gasteiger partial charge in [0, 0.05) is 25.2 Å². The molecular weight excluding hydrogens is 170 g/mol. The molecule has 2 rings (SSSR count). The molecule has 0 radical (unpaired) electrons. The van der Waals surface area contributed by atoms with Crippen LogP contribution < -0.4 is 5.32 Å². The minimum absolute atomic E-state index is 0.0521. The Morgan fingerprint density at radius 2 is 2.46 bits per heavy atom. The first-order valence-corrected chi connectivity index (χ1v) is 4.21. The minimum Gasteiger partial charge on any atom is -0.481 e. The first kappa shape index (κ1) is 8.25. The van der Waals surface area contributed by atoms with E-state index in [-0.39, 0.29) is 11.8 Å². The molecule has 13 heavy (non-hydrogen) atoms. The Bertz CT molecular complexity index is 296. The topological polar surface area (TPSA) is 78.0 Å². The smallest absolute Gasteiger partial charge is 0.308 e. The molecule has 1 aliphatic heterocycles. The van der Waals surface area contributed by atoms with Crippen LogP contribution in [0, 0.1) is 5.92 Å². The third-order valence-corrected chi connectivity index (χ3v) is 2.48. The number of rotatable bonds is 2. The summed E-state index contributed by atoms with van der Waals surface area (Å²) in [7, 11) is 0. The summed E-state index contributed by atoms with van der Waals surface area (Å²) < 4.78 is 0. The lowest BCUT2D eigenvalue weighted by Gasteiger charge is -2.11. The van der Waals surface area contributed by atoms with E-state index in [1.807, 2.05) is 0 Å². The molecular formula is C8H11N3O2. The van der Waals surface area contributed by atoms with Crippen LogP contribution in [0.25, 0.3) is 0 Å². The Balaban J connectivity index is 2.19. The maximum Gasteiger partial charge on any atom is 0.308 e. The van der Waals surface area contributed by atoms with E-state index in [4.69, 9.17) is 5.11 Å². The summed E-state index contributed by atoms with van der Waals surface area (Å²) in [6.45, 7) is 1.27. The molecule has 2 heterocycles. The van der Waals surface area contributed by atoms with Crippen molar-refractivity contribution in [3.05, 3.63) is 18.0 Å². The lowest BCUT2D eigenvalue weighted by Crippen LogP contribution is -2.20. The van der Waals surface area contributed by atoms with Gasteiger partial charge in [-0.3, -0.25) is 9.89 Å². The molecule has 0 aromatic carbocycles. The molecule has 1 saturated heterocycles. The summed E-state index contributed by atoms with van der Waals surface area (Å²) in [5.41, 5.74) is 0.970. The predicted octanol–water partition coefficient (Wildman–Crippen LogP) is -0.203. The van der Waals surface area contributed by atoms with Gasteiger partial charge in [-0.15, -0.1) is 0 Å². The van der Waals surface area contributed by atoms with Crippen molar-refractivity contribution in [3.63, 3.8) is 0 Å². The molecule has 5 heteroatoms. The maximum atomic E-state index is 10.8. The van der Waals surface area contributed by atoms with Gasteiger partial charge in [-0.2, -0.15) is 5.10 Å². The van der Waals surface area contributed by atoms with Crippen molar-refractivity contribution < 1.29 is 9.90 Å². The van der Waals surface area contributed by atoms with E-state index in [1.165, 1.54) is 0 Å². The molecule has 5 nitrogen and oxygen atoms in total. The van der Waals surface area contributed by atoms with Crippen LogP contribution in [0.5, 0.6) is 0 Å². The SMILES string of the molecule is O=C(O)C1CNCC1c1cn[nH]c1. The molecule has 0 saturated carbocycles. The second kappa shape index (κ2) is 3.18. The summed E-state index contributed by atoms with van der Waals surface area (Å²) in [6, 6.07) is 0. The number of aromatic nitrogens is 2. The van der Waals surface area contributed by atoms with E-state index in [9.17, 15) is 4.79 Å². The molecule has 0 amide bonds. The van der Waals surface area contributed by atoms with Gasteiger partial charge in [0.05, 0.1) is 12.1 Å². The van der Waals surface area contributed by atoms with Crippen molar-refractivity contribution >= 4 is 5.97 Å². The number of hydrogen-bond donors (Lipinski definition) is 3. The summed E-state index contributed by atoms with van der Waals surface area (Å²) in [5.74, 6) is -1.01. The zero-order chi connectivity index (χ0) is 9.26. The second-order valence-corrected chi connectivity index (χ2v) is 3.24. The number of nitrogens with zero attached hydrogens (tertiary/aromatic N) is 1. The van der Waals surface area contributed by atoms with E-state index in [1.54, 1.807) is 12.4 Å². The zero-order valence-electron chi connectivity index (χ0n) is 7.03. The number of aromatic amines is 1. The molecule has 1 aromatic rings. The Kier molecular flexibility index (Phi) is 2.02. The molecule has 3 N–H and O–H groups in total. The Morgan fingerprint density at radius 3 is 3.08 bits per heavy atom. The fraction of sp³-hybridized carbons (Fsp3) is 0.500. The number of aliphatic carboxylic acids is 1. The number of H-pyrrole nitrogens is 1. The van der Waals surface area contributed by atoms with Gasteiger partial charge in [0.15, 0.2) is 0 Å². The number of carboxylic acid groups (broad SMARTS) is 1. The highest BCUT2D eigenvalue weighted by molar-refractivity contribution is 5.72. The van der Waals surface area contributed by atoms with Crippen LogP contribution in [-0.2, 0) is 4.79 Å². The Hall–Kier alpha value is -1.36. The molecule has 70 valence electrons. The van der Waals surface area contributed by atoms with Gasteiger partial charge in [0.2, 0.25) is 0 Å². The van der Waals surface area contributed by atoms with Crippen LogP contribution in [0.3, 0.4) is 0 Å². The molecule has 1 aromatic heterocycles. The van der Waals surface area contributed by atoms with E-state index < -0.39 is 5.97 Å². The third kappa shape index (κ3) is 1.42. The number of carboxylic acids is 1. The van der Waals surface area contributed by atoms with Crippen molar-refractivity contribution in [3.8, 4) is 0 Å². The highest BCUT2D eigenvalue weighted by atomic mass is 16.4. The summed E-state index contributed by atoms with van der Waals surface area (Å²) in [6.07, 6.45) is 3.45. The van der Waals surface area contributed by atoms with E-state index in [0.29, 0.717) is 6.54 Å². The van der Waals surface area contributed by atoms with Crippen LogP contribution >= 0.6 is 0 Å². The van der Waals surface area contributed by atoms with Gasteiger partial charge in [-0.05, 0) is 5.56 Å². The van der Waals surface area contributed by atoms with Gasteiger partial charge in [0.1, 0.15) is 0 Å². The van der Waals surface area contributed by atoms with Crippen LogP contribution in [-0.4, -0.2) is 34.4 Å². The van der Waals surface area contributed by atoms with Crippen LogP contribution in [0.4, 0.5) is 0 Å². The van der Waals surface area contributed by atoms with E-state index in [0.717, 1.165) is 12.1 Å². The second-order valence-electron chi connectivity index (χ2n) is 3.24. The summed E-state index contributed by atoms with van der Waals surface area (Å²) >= 11 is 0. The average molecular weight is 181 g/mol. The van der Waals surface area contributed by atoms with Crippen molar-refractivity contribution in [1.82, 2.24) is 15.5 Å². The highest BCUT2D eigenvalue weighted by Crippen LogP contribution is 2.27. The largest absolute Gasteiger partial charge is 0.481 e. The lowest BCUT2D eigenvalue weighted by atomic mass is 9.91. The average Bonchev–Trinajstić information content (AvgIpc) is 2.74. The standard InChI is InChI=1S/C8H11N3O2/c12-8(13)7-4-9-3-6(7)5-1-10-11-2-5/h1-2,6-7,9H,3-4H2,(H,10,11)(H,12,13). The van der Waals surface area contributed by atoms with E-state index >= 15 is 0 Å². The van der Waals surface area contributed by atoms with Crippen LogP contribution in [0.1, 0.15) is 11.5 Å². The first-order chi connectivity index (χ1) is 6.29. The molecule has 0 bridgehead atoms. The third-order valence-electron chi connectivity index (χ3n) is 2.48. The quantitative estimate of drug-likeness (QED) is 0.590. The van der Waals surface area contributed by atoms with Crippen molar-refractivity contribution in [2.24, 2.45) is 5.92 Å². The molecule has 1 fully saturated rings. The molecule has 2 unspecified atom stereocenters. The molecule has 0 aliphatic carbocycles. The Morgan fingerprint density at radius 1 is 1.62 bits per heavy atom. The van der Waals surface area contributed by atoms with Crippen molar-refractivity contribution in [1.29, 1.82) is 0 Å². The van der Waals surface area contributed by atoms with Gasteiger partial charge < -0.3 is 10.4 Å². The summed E-state index contributed by atoms with van der Waals surface area (Å²) in [5, 5.41) is 18.5. The summed E-state index contributed by atoms with van der Waals surface area (Å²) in [4.78, 5) is 10.8. The first-order valence-electron chi connectivity index (χ1n) is 4.21. The van der Waals surface area contributed by atoms with Gasteiger partial charge in [-0.1, -0.05) is 0 Å². The highest BCUT2D eigenvalue weighted by Gasteiger charge is 2.34. The number of carbonyl (C=O) groups is 1. The molecule has 1 aliphatic rings. The van der Waals surface area contributed by atoms with Crippen LogP contribution in [0.15, 0.2) is 12.4 Å². The fourth-order valence-electron chi connectivity index (χ4n) is 1.75. The van der Waals surface area contributed by atoms with E-state index in [2.05, 4.69) is 15.5 Å². The lowest BCUT2D eigenvalue weighted by molar-refractivity contribution is -0.141. The normalized spacial score (nSPS) is 27.7. The monoisotopic (exact) mass is 181 g/mol. The van der Waals surface area contributed by atoms with Crippen molar-refractivity contribution in [2.75, 3.05) is 13.1 Å². The molecule has 2 atom stereocenters. The van der Waals surface area contributed by atoms with Crippen molar-refractivity contribution in [2.45, 2.75) is 5.92 Å². The Labute approximate surface area is 75.2 Å². The van der Waals surface area contributed by atoms with Gasteiger partial charge in [0.25, 0.3) is 0 Å². The fourth-order valence-corrected chi connectivity index (χ4v) is 1.75. The van der Waals surface area contributed by atoms with Gasteiger partial charge in [-0.25, -0.2) is 0 Å². The molecule has 0 spiro atoms. The maximum absolute atomic E-state index is 10.8. The number of hydrogen-bond acceptors (Lipinski definition) is 3. The van der Waals surface area contributed by atoms with Gasteiger partial charge >= 0.3 is 5.97 Å². The van der Waals surface area contributed by atoms with Crippen LogP contribution in [0.2, 0.25) is 0 Å². The minimum atomic E-state index is -0.740. The number of nitrogens with one attached hydrogen (secondary N) is 2. The zero-order valence-corrected chi connectivity index (χ0v) is 7.03. The predicted molar refractivity (Wildman–Crippen MR) is 45.3 cm³/mol.